The van der Waals surface area contributed by atoms with E-state index in [0.717, 1.165) is 25.7 Å². The van der Waals surface area contributed by atoms with E-state index in [1.54, 1.807) is 16.7 Å². The second kappa shape index (κ2) is 14.2. The van der Waals surface area contributed by atoms with Crippen molar-refractivity contribution in [1.82, 2.24) is 0 Å². The number of carbonyl (C=O) groups excluding carboxylic acids is 3. The van der Waals surface area contributed by atoms with Gasteiger partial charge in [-0.25, -0.2) is 0 Å². The van der Waals surface area contributed by atoms with E-state index in [9.17, 15) is 14.4 Å². The summed E-state index contributed by atoms with van der Waals surface area (Å²) in [6.07, 6.45) is 16.4. The highest BCUT2D eigenvalue weighted by molar-refractivity contribution is 5.64. The van der Waals surface area contributed by atoms with E-state index < -0.39 is 0 Å². The zero-order valence-corrected chi connectivity index (χ0v) is 35.2. The lowest BCUT2D eigenvalue weighted by atomic mass is 9.66. The molecule has 0 amide bonds. The van der Waals surface area contributed by atoms with Crippen molar-refractivity contribution in [3.63, 3.8) is 0 Å². The molecule has 0 aromatic rings. The maximum Gasteiger partial charge on any atom is 0.127 e. The molecule has 0 spiro atoms. The first-order valence-electron chi connectivity index (χ1n) is 20.7. The first-order valence-corrected chi connectivity index (χ1v) is 20.7. The molecule has 50 heavy (non-hydrogen) atoms. The fraction of sp³-hybridized carbons (Fsp3) is 0.809. The number of hydrogen-bond acceptors (Lipinski definition) is 3. The van der Waals surface area contributed by atoms with Gasteiger partial charge in [0.25, 0.3) is 0 Å². The summed E-state index contributed by atoms with van der Waals surface area (Å²) in [5.41, 5.74) is 10.8. The average Bonchev–Trinajstić information content (AvgIpc) is 3.44. The first kappa shape index (κ1) is 41.0. The average molecular weight is 689 g/mol. The summed E-state index contributed by atoms with van der Waals surface area (Å²) in [5.74, 6) is 2.52. The predicted octanol–water partition coefficient (Wildman–Crippen LogP) is 12.7. The van der Waals surface area contributed by atoms with Crippen LogP contribution >= 0.6 is 0 Å². The van der Waals surface area contributed by atoms with E-state index in [-0.39, 0.29) is 44.8 Å². The van der Waals surface area contributed by atoms with Gasteiger partial charge in [-0.3, -0.25) is 0 Å². The molecule has 6 rings (SSSR count). The molecule has 0 aromatic carbocycles. The molecule has 0 saturated carbocycles. The molecule has 6 aliphatic carbocycles. The Morgan fingerprint density at radius 2 is 0.780 bits per heavy atom. The lowest BCUT2D eigenvalue weighted by Gasteiger charge is -2.38. The third kappa shape index (κ3) is 6.13. The minimum atomic E-state index is 0.197. The molecule has 0 N–H and O–H groups in total. The molecule has 0 fully saturated rings. The highest BCUT2D eigenvalue weighted by Gasteiger charge is 2.56. The van der Waals surface area contributed by atoms with Crippen molar-refractivity contribution in [3.05, 3.63) is 33.4 Å². The molecule has 282 valence electrons. The summed E-state index contributed by atoms with van der Waals surface area (Å²) in [5, 5.41) is 0. The molecule has 0 aromatic heterocycles. The monoisotopic (exact) mass is 689 g/mol. The van der Waals surface area contributed by atoms with Gasteiger partial charge < -0.3 is 14.4 Å². The summed E-state index contributed by atoms with van der Waals surface area (Å²) >= 11 is 0. The fourth-order valence-electron chi connectivity index (χ4n) is 12.8. The normalized spacial score (nSPS) is 38.9. The zero-order chi connectivity index (χ0) is 37.8. The standard InChI is InChI=1S/2C16H26O.C15H24O/c1-6-16(5)11(2)15(3,4)14-12(10-17)8-7-9-13(14)16;1-6-16(5)11(2)15(3,4)13-9-7-8-12(10-17)14(13)16;1-10-14(2,3)12-8-6-7-11(9-16)13(12)15(10,4)5/h2*10-12H,6-9H2,1-5H3;9-11H,6-8H2,1-5H3. The van der Waals surface area contributed by atoms with Crippen LogP contribution < -0.4 is 0 Å². The molecular formula is C47H76O3. The molecule has 0 radical (unpaired) electrons. The molecule has 3 heteroatoms. The Labute approximate surface area is 308 Å². The van der Waals surface area contributed by atoms with Gasteiger partial charge in [-0.1, -0.05) is 137 Å². The van der Waals surface area contributed by atoms with Gasteiger partial charge in [-0.05, 0) is 121 Å². The predicted molar refractivity (Wildman–Crippen MR) is 211 cm³/mol. The molecular weight excluding hydrogens is 613 g/mol. The van der Waals surface area contributed by atoms with E-state index in [0.29, 0.717) is 23.2 Å². The number of rotatable bonds is 5. The molecule has 8 atom stereocenters. The second-order valence-corrected chi connectivity index (χ2v) is 20.2. The van der Waals surface area contributed by atoms with Crippen LogP contribution in [-0.2, 0) is 14.4 Å². The van der Waals surface area contributed by atoms with E-state index in [1.807, 2.05) is 0 Å². The van der Waals surface area contributed by atoms with Gasteiger partial charge in [-0.2, -0.15) is 0 Å². The van der Waals surface area contributed by atoms with Gasteiger partial charge in [-0.15, -0.1) is 0 Å². The van der Waals surface area contributed by atoms with Gasteiger partial charge in [0.15, 0.2) is 0 Å². The van der Waals surface area contributed by atoms with Crippen LogP contribution in [0.1, 0.15) is 174 Å². The lowest BCUT2D eigenvalue weighted by molar-refractivity contribution is -0.111. The van der Waals surface area contributed by atoms with Crippen LogP contribution in [0.3, 0.4) is 0 Å². The number of carbonyl (C=O) groups is 3. The summed E-state index contributed by atoms with van der Waals surface area (Å²) in [4.78, 5) is 34.0. The third-order valence-corrected chi connectivity index (χ3v) is 17.4. The molecule has 0 saturated heterocycles. The van der Waals surface area contributed by atoms with Crippen molar-refractivity contribution >= 4 is 18.9 Å². The van der Waals surface area contributed by atoms with Gasteiger partial charge in [0.1, 0.15) is 18.9 Å². The van der Waals surface area contributed by atoms with Crippen molar-refractivity contribution in [1.29, 1.82) is 0 Å². The summed E-state index contributed by atoms with van der Waals surface area (Å²) in [6.45, 7) is 35.3. The van der Waals surface area contributed by atoms with E-state index >= 15 is 0 Å². The van der Waals surface area contributed by atoms with E-state index in [2.05, 4.69) is 104 Å². The van der Waals surface area contributed by atoms with Crippen LogP contribution in [0.4, 0.5) is 0 Å². The maximum absolute atomic E-state index is 11.4. The van der Waals surface area contributed by atoms with Crippen LogP contribution in [-0.4, -0.2) is 18.9 Å². The quantitative estimate of drug-likeness (QED) is 0.213. The van der Waals surface area contributed by atoms with Crippen molar-refractivity contribution in [2.75, 3.05) is 0 Å². The smallest absolute Gasteiger partial charge is 0.127 e. The topological polar surface area (TPSA) is 51.2 Å². The second-order valence-electron chi connectivity index (χ2n) is 20.2. The van der Waals surface area contributed by atoms with E-state index in [4.69, 9.17) is 0 Å². The summed E-state index contributed by atoms with van der Waals surface area (Å²) in [7, 11) is 0. The Balaban J connectivity index is 0.000000169. The van der Waals surface area contributed by atoms with Crippen LogP contribution in [0, 0.1) is 68.0 Å². The SMILES string of the molecule is CC1C(C)(C)C2=C(C(C=O)CCC2)C1(C)C.CCC1(C)C2=C(C(C=O)CCC2)C(C)(C)C1C.CCC1(C)C2=C(CCCC2C=O)C(C)(C)C1C. The number of aldehydes is 3. The molecule has 0 aliphatic heterocycles. The zero-order valence-electron chi connectivity index (χ0n) is 35.2. The summed E-state index contributed by atoms with van der Waals surface area (Å²) in [6, 6.07) is 0. The highest BCUT2D eigenvalue weighted by Crippen LogP contribution is 2.65. The molecule has 8 unspecified atom stereocenters. The Hall–Kier alpha value is -1.77. The number of hydrogen-bond donors (Lipinski definition) is 0. The minimum absolute atomic E-state index is 0.197. The molecule has 3 nitrogen and oxygen atoms in total. The first-order chi connectivity index (χ1) is 23.1. The van der Waals surface area contributed by atoms with Gasteiger partial charge in [0.05, 0.1) is 0 Å². The summed E-state index contributed by atoms with van der Waals surface area (Å²) < 4.78 is 0. The molecule has 6 aliphatic rings. The van der Waals surface area contributed by atoms with Crippen molar-refractivity contribution < 1.29 is 14.4 Å². The van der Waals surface area contributed by atoms with Gasteiger partial charge in [0.2, 0.25) is 0 Å². The van der Waals surface area contributed by atoms with Gasteiger partial charge in [0, 0.05) is 17.8 Å². The lowest BCUT2D eigenvalue weighted by Crippen LogP contribution is -2.31. The minimum Gasteiger partial charge on any atom is -0.303 e. The Morgan fingerprint density at radius 1 is 0.460 bits per heavy atom. The molecule has 0 bridgehead atoms. The van der Waals surface area contributed by atoms with Crippen LogP contribution in [0.15, 0.2) is 33.4 Å². The maximum atomic E-state index is 11.4. The van der Waals surface area contributed by atoms with Gasteiger partial charge >= 0.3 is 0 Å². The van der Waals surface area contributed by atoms with E-state index in [1.165, 1.54) is 80.5 Å². The van der Waals surface area contributed by atoms with Crippen molar-refractivity contribution in [3.8, 4) is 0 Å². The highest BCUT2D eigenvalue weighted by atomic mass is 16.1. The van der Waals surface area contributed by atoms with Crippen LogP contribution in [0.2, 0.25) is 0 Å². The largest absolute Gasteiger partial charge is 0.303 e. The van der Waals surface area contributed by atoms with Crippen molar-refractivity contribution in [2.45, 2.75) is 174 Å². The fourth-order valence-corrected chi connectivity index (χ4v) is 12.8. The third-order valence-electron chi connectivity index (χ3n) is 17.4. The van der Waals surface area contributed by atoms with Crippen LogP contribution in [0.5, 0.6) is 0 Å². The van der Waals surface area contributed by atoms with Crippen molar-refractivity contribution in [2.24, 2.45) is 68.0 Å². The Morgan fingerprint density at radius 3 is 1.20 bits per heavy atom. The molecule has 0 heterocycles. The van der Waals surface area contributed by atoms with Crippen LogP contribution in [0.25, 0.3) is 0 Å². The number of allylic oxidation sites excluding steroid dienone is 6. The Bertz CT molecular complexity index is 1410. The Kier molecular flexibility index (Phi) is 11.7.